The molecule has 0 radical (unpaired) electrons. The second kappa shape index (κ2) is 7.91. The minimum absolute atomic E-state index is 0. The highest BCUT2D eigenvalue weighted by molar-refractivity contribution is 7.89. The van der Waals surface area contributed by atoms with Gasteiger partial charge in [-0.15, -0.1) is 12.4 Å². The predicted molar refractivity (Wildman–Crippen MR) is 87.7 cm³/mol. The molecule has 1 saturated heterocycles. The molecule has 23 heavy (non-hydrogen) atoms. The summed E-state index contributed by atoms with van der Waals surface area (Å²) < 4.78 is 32.8. The number of benzene rings is 1. The van der Waals surface area contributed by atoms with Gasteiger partial charge in [-0.2, -0.15) is 0 Å². The van der Waals surface area contributed by atoms with E-state index in [2.05, 4.69) is 10.0 Å². The quantitative estimate of drug-likeness (QED) is 0.603. The molecule has 0 amide bonds. The molecule has 10 heteroatoms. The van der Waals surface area contributed by atoms with Gasteiger partial charge in [0.2, 0.25) is 10.0 Å². The van der Waals surface area contributed by atoms with Crippen LogP contribution in [-0.4, -0.2) is 39.1 Å². The van der Waals surface area contributed by atoms with E-state index >= 15 is 0 Å². The van der Waals surface area contributed by atoms with Crippen molar-refractivity contribution >= 4 is 28.1 Å². The summed E-state index contributed by atoms with van der Waals surface area (Å²) >= 11 is 0. The number of hydrogen-bond donors (Lipinski definition) is 2. The molecule has 2 N–H and O–H groups in total. The average Bonchev–Trinajstić information content (AvgIpc) is 2.48. The Kier molecular flexibility index (Phi) is 6.75. The average molecular weight is 366 g/mol. The van der Waals surface area contributed by atoms with Crippen molar-refractivity contribution in [3.05, 3.63) is 28.3 Å². The van der Waals surface area contributed by atoms with Gasteiger partial charge >= 0.3 is 0 Å². The minimum Gasteiger partial charge on any atom is -0.495 e. The van der Waals surface area contributed by atoms with Crippen LogP contribution in [0.4, 0.5) is 5.69 Å². The van der Waals surface area contributed by atoms with Crippen LogP contribution in [-0.2, 0) is 10.0 Å². The first-order chi connectivity index (χ1) is 10.3. The number of nitrogens with zero attached hydrogens (tertiary/aromatic N) is 1. The molecule has 1 heterocycles. The van der Waals surface area contributed by atoms with E-state index in [9.17, 15) is 18.5 Å². The topological polar surface area (TPSA) is 111 Å². The van der Waals surface area contributed by atoms with Gasteiger partial charge in [0.05, 0.1) is 12.0 Å². The molecule has 1 aliphatic heterocycles. The Labute approximate surface area is 141 Å². The second-order valence-corrected chi connectivity index (χ2v) is 6.89. The van der Waals surface area contributed by atoms with Crippen molar-refractivity contribution in [1.29, 1.82) is 0 Å². The largest absolute Gasteiger partial charge is 0.495 e. The van der Waals surface area contributed by atoms with Crippen molar-refractivity contribution in [2.75, 3.05) is 13.7 Å². The second-order valence-electron chi connectivity index (χ2n) is 5.21. The standard InChI is InChI=1S/C13H19N3O5S.ClH/c1-9-11(4-3-7-14-9)15-22(19,20)13-8-10(16(17)18)5-6-12(13)21-2;/h5-6,8-9,11,14-15H,3-4,7H2,1-2H3;1H. The van der Waals surface area contributed by atoms with E-state index in [0.29, 0.717) is 6.42 Å². The van der Waals surface area contributed by atoms with Crippen LogP contribution in [0.15, 0.2) is 23.1 Å². The van der Waals surface area contributed by atoms with E-state index in [1.54, 1.807) is 0 Å². The molecule has 8 nitrogen and oxygen atoms in total. The van der Waals surface area contributed by atoms with Crippen LogP contribution in [0.3, 0.4) is 0 Å². The fourth-order valence-electron chi connectivity index (χ4n) is 2.46. The lowest BCUT2D eigenvalue weighted by Gasteiger charge is -2.30. The molecule has 0 spiro atoms. The summed E-state index contributed by atoms with van der Waals surface area (Å²) in [4.78, 5) is 10.0. The Morgan fingerprint density at radius 2 is 2.13 bits per heavy atom. The molecule has 0 aliphatic carbocycles. The Morgan fingerprint density at radius 1 is 1.43 bits per heavy atom. The summed E-state index contributed by atoms with van der Waals surface area (Å²) in [6.45, 7) is 2.75. The Bertz CT molecular complexity index is 668. The van der Waals surface area contributed by atoms with Gasteiger partial charge in [-0.1, -0.05) is 0 Å². The fourth-order valence-corrected chi connectivity index (χ4v) is 4.00. The predicted octanol–water partition coefficient (Wildman–Crippen LogP) is 1.44. The molecule has 2 unspecified atom stereocenters. The van der Waals surface area contributed by atoms with Crippen molar-refractivity contribution in [2.45, 2.75) is 36.7 Å². The van der Waals surface area contributed by atoms with Crippen LogP contribution < -0.4 is 14.8 Å². The lowest BCUT2D eigenvalue weighted by Crippen LogP contribution is -2.51. The third-order valence-corrected chi connectivity index (χ3v) is 5.23. The van der Waals surface area contributed by atoms with E-state index in [4.69, 9.17) is 4.74 Å². The van der Waals surface area contributed by atoms with Crippen molar-refractivity contribution in [2.24, 2.45) is 0 Å². The van der Waals surface area contributed by atoms with Crippen LogP contribution in [0.2, 0.25) is 0 Å². The Hall–Kier alpha value is -1.42. The highest BCUT2D eigenvalue weighted by Crippen LogP contribution is 2.28. The zero-order valence-corrected chi connectivity index (χ0v) is 14.4. The monoisotopic (exact) mass is 365 g/mol. The molecule has 0 bridgehead atoms. The number of methoxy groups -OCH3 is 1. The summed E-state index contributed by atoms with van der Waals surface area (Å²) in [6, 6.07) is 3.25. The number of rotatable bonds is 5. The maximum Gasteiger partial charge on any atom is 0.271 e. The number of nitro groups is 1. The summed E-state index contributed by atoms with van der Waals surface area (Å²) in [7, 11) is -2.59. The van der Waals surface area contributed by atoms with Crippen LogP contribution in [0.5, 0.6) is 5.75 Å². The smallest absolute Gasteiger partial charge is 0.271 e. The summed E-state index contributed by atoms with van der Waals surface area (Å²) in [5.74, 6) is 0.0783. The van der Waals surface area contributed by atoms with E-state index in [1.807, 2.05) is 6.92 Å². The molecule has 0 aromatic heterocycles. The number of nitrogens with one attached hydrogen (secondary N) is 2. The van der Waals surface area contributed by atoms with Crippen LogP contribution in [0.1, 0.15) is 19.8 Å². The molecular formula is C13H20ClN3O5S. The molecule has 1 aromatic carbocycles. The Balaban J connectivity index is 0.00000264. The number of non-ortho nitro benzene ring substituents is 1. The first-order valence-corrected chi connectivity index (χ1v) is 8.41. The molecule has 1 fully saturated rings. The number of piperidine rings is 1. The number of halogens is 1. The van der Waals surface area contributed by atoms with Crippen LogP contribution >= 0.6 is 12.4 Å². The maximum absolute atomic E-state index is 12.6. The van der Waals surface area contributed by atoms with Gasteiger partial charge < -0.3 is 10.1 Å². The highest BCUT2D eigenvalue weighted by atomic mass is 35.5. The van der Waals surface area contributed by atoms with Crippen molar-refractivity contribution in [3.8, 4) is 5.75 Å². The first kappa shape index (κ1) is 19.6. The molecule has 1 aliphatic rings. The van der Waals surface area contributed by atoms with E-state index < -0.39 is 14.9 Å². The molecule has 2 atom stereocenters. The number of hydrogen-bond acceptors (Lipinski definition) is 6. The van der Waals surface area contributed by atoms with Gasteiger partial charge in [0.25, 0.3) is 5.69 Å². The molecule has 130 valence electrons. The van der Waals surface area contributed by atoms with Gasteiger partial charge in [0, 0.05) is 24.2 Å². The highest BCUT2D eigenvalue weighted by Gasteiger charge is 2.29. The number of ether oxygens (including phenoxy) is 1. The van der Waals surface area contributed by atoms with E-state index in [0.717, 1.165) is 19.0 Å². The zero-order chi connectivity index (χ0) is 16.3. The van der Waals surface area contributed by atoms with Crippen LogP contribution in [0, 0.1) is 10.1 Å². The third-order valence-electron chi connectivity index (χ3n) is 3.72. The number of nitro benzene ring substituents is 1. The SMILES string of the molecule is COc1ccc([N+](=O)[O-])cc1S(=O)(=O)NC1CCCNC1C.Cl. The van der Waals surface area contributed by atoms with E-state index in [1.165, 1.54) is 19.2 Å². The van der Waals surface area contributed by atoms with E-state index in [-0.39, 0.29) is 40.8 Å². The summed E-state index contributed by atoms with van der Waals surface area (Å²) in [5.41, 5.74) is -0.295. The van der Waals surface area contributed by atoms with Crippen molar-refractivity contribution in [1.82, 2.24) is 10.0 Å². The minimum atomic E-state index is -3.91. The van der Waals surface area contributed by atoms with Gasteiger partial charge in [-0.05, 0) is 32.4 Å². The third kappa shape index (κ3) is 4.54. The van der Waals surface area contributed by atoms with Gasteiger partial charge in [-0.3, -0.25) is 10.1 Å². The van der Waals surface area contributed by atoms with Gasteiger partial charge in [0.1, 0.15) is 10.6 Å². The van der Waals surface area contributed by atoms with Gasteiger partial charge in [0.15, 0.2) is 0 Å². The lowest BCUT2D eigenvalue weighted by atomic mass is 10.0. The molecule has 1 aromatic rings. The zero-order valence-electron chi connectivity index (χ0n) is 12.8. The lowest BCUT2D eigenvalue weighted by molar-refractivity contribution is -0.385. The maximum atomic E-state index is 12.6. The number of sulfonamides is 1. The molecule has 0 saturated carbocycles. The normalized spacial score (nSPS) is 21.3. The summed E-state index contributed by atoms with van der Waals surface area (Å²) in [6.07, 6.45) is 1.58. The van der Waals surface area contributed by atoms with Crippen molar-refractivity contribution in [3.63, 3.8) is 0 Å². The van der Waals surface area contributed by atoms with Crippen molar-refractivity contribution < 1.29 is 18.1 Å². The molecule has 2 rings (SSSR count). The first-order valence-electron chi connectivity index (χ1n) is 6.93. The van der Waals surface area contributed by atoms with Crippen LogP contribution in [0.25, 0.3) is 0 Å². The molecular weight excluding hydrogens is 346 g/mol. The summed E-state index contributed by atoms with van der Waals surface area (Å²) in [5, 5.41) is 14.1. The van der Waals surface area contributed by atoms with Gasteiger partial charge in [-0.25, -0.2) is 13.1 Å². The Morgan fingerprint density at radius 3 is 2.70 bits per heavy atom. The fraction of sp³-hybridized carbons (Fsp3) is 0.538.